The summed E-state index contributed by atoms with van der Waals surface area (Å²) in [7, 11) is -3.42. The van der Waals surface area contributed by atoms with Crippen LogP contribution in [0.25, 0.3) is 0 Å². The van der Waals surface area contributed by atoms with Gasteiger partial charge in [-0.2, -0.15) is 0 Å². The largest absolute Gasteiger partial charge is 0.370 e. The number of H-pyrrole nitrogens is 1. The first kappa shape index (κ1) is 16.5. The lowest BCUT2D eigenvalue weighted by Gasteiger charge is -2.31. The number of nitrogens with two attached hydrogens (primary N) is 2. The van der Waals surface area contributed by atoms with E-state index in [0.717, 1.165) is 5.69 Å². The molecular formula is C16H21N5O2S. The van der Waals surface area contributed by atoms with Gasteiger partial charge in [0.05, 0.1) is 21.5 Å². The highest BCUT2D eigenvalue weighted by atomic mass is 32.2. The van der Waals surface area contributed by atoms with Crippen LogP contribution in [0.3, 0.4) is 0 Å². The van der Waals surface area contributed by atoms with Gasteiger partial charge in [0.1, 0.15) is 0 Å². The van der Waals surface area contributed by atoms with Crippen molar-refractivity contribution in [3.63, 3.8) is 0 Å². The van der Waals surface area contributed by atoms with Gasteiger partial charge in [0, 0.05) is 12.6 Å². The molecule has 1 aliphatic rings. The number of benzene rings is 1. The zero-order chi connectivity index (χ0) is 17.5. The second kappa shape index (κ2) is 5.64. The highest BCUT2D eigenvalue weighted by Crippen LogP contribution is 2.34. The maximum Gasteiger partial charge on any atom is 0.195 e. The Bertz CT molecular complexity index is 901. The number of hydrogen-bond donors (Lipinski definition) is 4. The monoisotopic (exact) mass is 347 g/mol. The molecule has 1 aromatic heterocycles. The van der Waals surface area contributed by atoms with Gasteiger partial charge >= 0.3 is 0 Å². The van der Waals surface area contributed by atoms with Gasteiger partial charge in [0.15, 0.2) is 21.5 Å². The molecule has 128 valence electrons. The fraction of sp³-hybridized carbons (Fsp3) is 0.312. The normalized spacial score (nSPS) is 20.4. The highest BCUT2D eigenvalue weighted by Gasteiger charge is 2.36. The Hall–Kier alpha value is -2.32. The van der Waals surface area contributed by atoms with Crippen LogP contribution in [0.2, 0.25) is 0 Å². The molecule has 0 spiro atoms. The van der Waals surface area contributed by atoms with Crippen LogP contribution in [-0.4, -0.2) is 24.6 Å². The van der Waals surface area contributed by atoms with Crippen molar-refractivity contribution in [1.29, 1.82) is 0 Å². The number of aliphatic imine (C=N–C) groups is 1. The Morgan fingerprint density at radius 1 is 1.25 bits per heavy atom. The van der Waals surface area contributed by atoms with Gasteiger partial charge in [-0.05, 0) is 31.5 Å². The number of hydrogen-bond acceptors (Lipinski definition) is 6. The highest BCUT2D eigenvalue weighted by molar-refractivity contribution is 7.92. The molecule has 6 N–H and O–H groups in total. The summed E-state index contributed by atoms with van der Waals surface area (Å²) >= 11 is 0. The van der Waals surface area contributed by atoms with Gasteiger partial charge in [0.2, 0.25) is 0 Å². The number of nitrogens with zero attached hydrogens (tertiary/aromatic N) is 1. The molecule has 2 aromatic rings. The Morgan fingerprint density at radius 3 is 2.67 bits per heavy atom. The van der Waals surface area contributed by atoms with E-state index in [1.807, 2.05) is 6.07 Å². The van der Waals surface area contributed by atoms with Crippen LogP contribution in [0, 0.1) is 0 Å². The quantitative estimate of drug-likeness (QED) is 0.663. The summed E-state index contributed by atoms with van der Waals surface area (Å²) in [4.78, 5) is 7.68. The molecule has 7 nitrogen and oxygen atoms in total. The molecule has 2 heterocycles. The Morgan fingerprint density at radius 2 is 1.96 bits per heavy atom. The standard InChI is InChI=1S/C16H21N5O2S/c1-10(2)24(22,23)13-6-4-3-5-11(13)9-16(18)14-12(7-8-19-14)20-15(17)21-16/h3-8,10,19H,9,18H2,1-2H3,(H3,17,20,21). The first-order valence-electron chi connectivity index (χ1n) is 7.65. The van der Waals surface area contributed by atoms with Crippen molar-refractivity contribution in [2.75, 3.05) is 5.32 Å². The summed E-state index contributed by atoms with van der Waals surface area (Å²) in [6, 6.07) is 8.69. The molecule has 1 aromatic carbocycles. The fourth-order valence-corrected chi connectivity index (χ4v) is 4.15. The van der Waals surface area contributed by atoms with Gasteiger partial charge in [-0.3, -0.25) is 0 Å². The van der Waals surface area contributed by atoms with Crippen LogP contribution < -0.4 is 16.8 Å². The van der Waals surface area contributed by atoms with E-state index in [0.29, 0.717) is 11.3 Å². The van der Waals surface area contributed by atoms with Gasteiger partial charge in [-0.1, -0.05) is 18.2 Å². The van der Waals surface area contributed by atoms with Crippen LogP contribution in [0.15, 0.2) is 46.4 Å². The minimum atomic E-state index is -3.42. The molecule has 0 bridgehead atoms. The van der Waals surface area contributed by atoms with Crippen LogP contribution in [0.1, 0.15) is 25.1 Å². The number of fused-ring (bicyclic) bond motifs is 1. The zero-order valence-corrected chi connectivity index (χ0v) is 14.4. The number of aromatic nitrogens is 1. The van der Waals surface area contributed by atoms with Crippen molar-refractivity contribution in [3.05, 3.63) is 47.8 Å². The maximum absolute atomic E-state index is 12.6. The predicted molar refractivity (Wildman–Crippen MR) is 94.4 cm³/mol. The smallest absolute Gasteiger partial charge is 0.195 e. The number of guanidine groups is 1. The van der Waals surface area contributed by atoms with Gasteiger partial charge in [-0.15, -0.1) is 0 Å². The third-order valence-electron chi connectivity index (χ3n) is 4.12. The summed E-state index contributed by atoms with van der Waals surface area (Å²) in [5.41, 5.74) is 13.2. The first-order chi connectivity index (χ1) is 11.2. The molecule has 1 unspecified atom stereocenters. The van der Waals surface area contributed by atoms with Crippen molar-refractivity contribution >= 4 is 21.5 Å². The minimum absolute atomic E-state index is 0.203. The number of rotatable bonds is 4. The summed E-state index contributed by atoms with van der Waals surface area (Å²) < 4.78 is 25.3. The van der Waals surface area contributed by atoms with E-state index in [4.69, 9.17) is 11.5 Å². The molecular weight excluding hydrogens is 326 g/mol. The summed E-state index contributed by atoms with van der Waals surface area (Å²) in [5, 5.41) is 2.42. The molecule has 0 amide bonds. The van der Waals surface area contributed by atoms with Crippen LogP contribution in [0.5, 0.6) is 0 Å². The third kappa shape index (κ3) is 2.67. The summed E-state index contributed by atoms with van der Waals surface area (Å²) in [6.07, 6.45) is 1.95. The molecule has 0 aliphatic carbocycles. The SMILES string of the molecule is CC(C)S(=O)(=O)c1ccccc1CC1(N)N=C(N)Nc2cc[nH]c21. The van der Waals surface area contributed by atoms with Crippen molar-refractivity contribution < 1.29 is 8.42 Å². The predicted octanol–water partition coefficient (Wildman–Crippen LogP) is 1.29. The van der Waals surface area contributed by atoms with E-state index < -0.39 is 20.8 Å². The molecule has 3 rings (SSSR count). The van der Waals surface area contributed by atoms with E-state index in [1.54, 1.807) is 44.3 Å². The number of anilines is 1. The zero-order valence-electron chi connectivity index (χ0n) is 13.6. The molecule has 0 saturated carbocycles. The van der Waals surface area contributed by atoms with E-state index in [2.05, 4.69) is 15.3 Å². The second-order valence-electron chi connectivity index (χ2n) is 6.19. The lowest BCUT2D eigenvalue weighted by molar-refractivity contribution is 0.447. The molecule has 0 saturated heterocycles. The summed E-state index contributed by atoms with van der Waals surface area (Å²) in [5.74, 6) is 0.203. The molecule has 8 heteroatoms. The van der Waals surface area contributed by atoms with Crippen molar-refractivity contribution in [1.82, 2.24) is 4.98 Å². The summed E-state index contributed by atoms with van der Waals surface area (Å²) in [6.45, 7) is 3.32. The maximum atomic E-state index is 12.6. The van der Waals surface area contributed by atoms with E-state index in [9.17, 15) is 8.42 Å². The van der Waals surface area contributed by atoms with Crippen LogP contribution >= 0.6 is 0 Å². The van der Waals surface area contributed by atoms with Crippen LogP contribution in [-0.2, 0) is 21.9 Å². The fourth-order valence-electron chi connectivity index (χ4n) is 2.87. The number of aromatic amines is 1. The van der Waals surface area contributed by atoms with Gasteiger partial charge < -0.3 is 21.8 Å². The third-order valence-corrected chi connectivity index (χ3v) is 6.37. The Kier molecular flexibility index (Phi) is 3.89. The van der Waals surface area contributed by atoms with E-state index in [-0.39, 0.29) is 17.3 Å². The van der Waals surface area contributed by atoms with E-state index >= 15 is 0 Å². The minimum Gasteiger partial charge on any atom is -0.370 e. The topological polar surface area (TPSA) is 126 Å². The molecule has 24 heavy (non-hydrogen) atoms. The number of sulfone groups is 1. The van der Waals surface area contributed by atoms with Crippen molar-refractivity contribution in [3.8, 4) is 0 Å². The van der Waals surface area contributed by atoms with Crippen molar-refractivity contribution in [2.24, 2.45) is 16.5 Å². The van der Waals surface area contributed by atoms with Gasteiger partial charge in [0.25, 0.3) is 0 Å². The molecule has 0 radical (unpaired) electrons. The molecule has 0 fully saturated rings. The molecule has 1 atom stereocenters. The average molecular weight is 347 g/mol. The first-order valence-corrected chi connectivity index (χ1v) is 9.19. The van der Waals surface area contributed by atoms with Gasteiger partial charge in [-0.25, -0.2) is 13.4 Å². The second-order valence-corrected chi connectivity index (χ2v) is 8.66. The lowest BCUT2D eigenvalue weighted by atomic mass is 9.96. The Labute approximate surface area is 141 Å². The van der Waals surface area contributed by atoms with E-state index in [1.165, 1.54) is 0 Å². The average Bonchev–Trinajstić information content (AvgIpc) is 2.96. The number of nitrogens with one attached hydrogen (secondary N) is 2. The van der Waals surface area contributed by atoms with Crippen molar-refractivity contribution in [2.45, 2.75) is 36.1 Å². The Balaban J connectivity index is 2.08. The van der Waals surface area contributed by atoms with Crippen LogP contribution in [0.4, 0.5) is 5.69 Å². The lowest BCUT2D eigenvalue weighted by Crippen LogP contribution is -2.45. The molecule has 1 aliphatic heterocycles.